The Morgan fingerprint density at radius 1 is 1.00 bits per heavy atom. The highest BCUT2D eigenvalue weighted by atomic mass is 16.5. The van der Waals surface area contributed by atoms with Gasteiger partial charge in [0.1, 0.15) is 5.75 Å². The molecule has 0 spiro atoms. The Labute approximate surface area is 176 Å². The summed E-state index contributed by atoms with van der Waals surface area (Å²) in [5.74, 6) is -0.479. The van der Waals surface area contributed by atoms with Crippen molar-refractivity contribution in [3.8, 4) is 5.75 Å². The summed E-state index contributed by atoms with van der Waals surface area (Å²) < 4.78 is 10.7. The van der Waals surface area contributed by atoms with Crippen LogP contribution in [0.2, 0.25) is 0 Å². The minimum Gasteiger partial charge on any atom is -0.483 e. The number of anilines is 1. The summed E-state index contributed by atoms with van der Waals surface area (Å²) in [7, 11) is 0. The highest BCUT2D eigenvalue weighted by Gasteiger charge is 2.28. The number of piperidine rings is 1. The summed E-state index contributed by atoms with van der Waals surface area (Å²) >= 11 is 0. The zero-order valence-electron chi connectivity index (χ0n) is 17.0. The molecule has 0 atom stereocenters. The van der Waals surface area contributed by atoms with Crippen LogP contribution in [0.15, 0.2) is 54.6 Å². The van der Waals surface area contributed by atoms with Crippen molar-refractivity contribution < 1.29 is 23.9 Å². The van der Waals surface area contributed by atoms with Crippen LogP contribution in [0, 0.1) is 5.92 Å². The number of carbonyl (C=O) groups excluding carboxylic acids is 3. The molecular formula is C23H26N2O5. The summed E-state index contributed by atoms with van der Waals surface area (Å²) in [6.45, 7) is 2.96. The molecule has 0 aromatic heterocycles. The summed E-state index contributed by atoms with van der Waals surface area (Å²) in [6.07, 6.45) is 1.17. The first kappa shape index (κ1) is 21.4. The highest BCUT2D eigenvalue weighted by molar-refractivity contribution is 6.06. The van der Waals surface area contributed by atoms with Gasteiger partial charge in [-0.2, -0.15) is 0 Å². The van der Waals surface area contributed by atoms with E-state index in [2.05, 4.69) is 5.32 Å². The molecule has 2 amide bonds. The summed E-state index contributed by atoms with van der Waals surface area (Å²) in [6, 6.07) is 16.0. The molecule has 0 bridgehead atoms. The van der Waals surface area contributed by atoms with E-state index >= 15 is 0 Å². The fourth-order valence-corrected chi connectivity index (χ4v) is 3.36. The molecule has 2 aromatic carbocycles. The molecule has 3 rings (SSSR count). The Morgan fingerprint density at radius 2 is 1.67 bits per heavy atom. The van der Waals surface area contributed by atoms with E-state index in [1.807, 2.05) is 18.2 Å². The lowest BCUT2D eigenvalue weighted by atomic mass is 9.97. The van der Waals surface area contributed by atoms with E-state index in [1.54, 1.807) is 48.2 Å². The van der Waals surface area contributed by atoms with E-state index in [0.717, 1.165) is 0 Å². The van der Waals surface area contributed by atoms with Gasteiger partial charge in [-0.25, -0.2) is 0 Å². The van der Waals surface area contributed by atoms with Gasteiger partial charge in [0.2, 0.25) is 0 Å². The van der Waals surface area contributed by atoms with E-state index in [4.69, 9.17) is 9.47 Å². The fraction of sp³-hybridized carbons (Fsp3) is 0.348. The van der Waals surface area contributed by atoms with Crippen molar-refractivity contribution >= 4 is 23.5 Å². The van der Waals surface area contributed by atoms with E-state index in [1.165, 1.54) is 0 Å². The van der Waals surface area contributed by atoms with Crippen LogP contribution in [0.1, 0.15) is 30.1 Å². The number of hydrogen-bond acceptors (Lipinski definition) is 5. The maximum atomic E-state index is 12.6. The maximum absolute atomic E-state index is 12.6. The van der Waals surface area contributed by atoms with Gasteiger partial charge in [-0.05, 0) is 44.0 Å². The van der Waals surface area contributed by atoms with Gasteiger partial charge in [0.05, 0.1) is 18.1 Å². The van der Waals surface area contributed by atoms with Crippen molar-refractivity contribution in [2.75, 3.05) is 31.6 Å². The zero-order chi connectivity index (χ0) is 21.3. The third kappa shape index (κ3) is 5.59. The van der Waals surface area contributed by atoms with Crippen LogP contribution in [0.5, 0.6) is 5.75 Å². The number of nitrogens with zero attached hydrogens (tertiary/aromatic N) is 1. The standard InChI is InChI=1S/C23H26N2O5/c1-2-29-23(28)17-12-14-25(15-13-17)21(26)16-30-20-11-7-6-10-19(20)22(27)24-18-8-4-3-5-9-18/h3-11,17H,2,12-16H2,1H3,(H,24,27). The molecule has 30 heavy (non-hydrogen) atoms. The Hall–Kier alpha value is -3.35. The minimum absolute atomic E-state index is 0.155. The van der Waals surface area contributed by atoms with Crippen molar-refractivity contribution in [2.45, 2.75) is 19.8 Å². The van der Waals surface area contributed by atoms with Crippen LogP contribution in [0.4, 0.5) is 5.69 Å². The summed E-state index contributed by atoms with van der Waals surface area (Å²) in [5.41, 5.74) is 1.04. The predicted octanol–water partition coefficient (Wildman–Crippen LogP) is 3.12. The summed E-state index contributed by atoms with van der Waals surface area (Å²) in [5, 5.41) is 2.82. The normalized spacial score (nSPS) is 14.1. The zero-order valence-corrected chi connectivity index (χ0v) is 17.0. The average Bonchev–Trinajstić information content (AvgIpc) is 2.78. The SMILES string of the molecule is CCOC(=O)C1CCN(C(=O)COc2ccccc2C(=O)Nc2ccccc2)CC1. The number of ether oxygens (including phenoxy) is 2. The molecular weight excluding hydrogens is 384 g/mol. The first-order valence-corrected chi connectivity index (χ1v) is 10.1. The number of nitrogens with one attached hydrogen (secondary N) is 1. The number of amides is 2. The molecule has 1 heterocycles. The molecule has 1 saturated heterocycles. The molecule has 0 saturated carbocycles. The fourth-order valence-electron chi connectivity index (χ4n) is 3.36. The number of likely N-dealkylation sites (tertiary alicyclic amines) is 1. The predicted molar refractivity (Wildman–Crippen MR) is 112 cm³/mol. The third-order valence-electron chi connectivity index (χ3n) is 4.98. The van der Waals surface area contributed by atoms with E-state index < -0.39 is 0 Å². The van der Waals surface area contributed by atoms with Gasteiger partial charge in [0.25, 0.3) is 11.8 Å². The molecule has 0 unspecified atom stereocenters. The van der Waals surface area contributed by atoms with Gasteiger partial charge in [0.15, 0.2) is 6.61 Å². The lowest BCUT2D eigenvalue weighted by molar-refractivity contribution is -0.151. The second-order valence-electron chi connectivity index (χ2n) is 7.01. The number of rotatable bonds is 7. The molecule has 1 aliphatic rings. The van der Waals surface area contributed by atoms with E-state index in [-0.39, 0.29) is 30.3 Å². The van der Waals surface area contributed by atoms with Gasteiger partial charge < -0.3 is 19.7 Å². The largest absolute Gasteiger partial charge is 0.483 e. The van der Waals surface area contributed by atoms with Crippen molar-refractivity contribution in [1.82, 2.24) is 4.90 Å². The number of benzene rings is 2. The van der Waals surface area contributed by atoms with Crippen molar-refractivity contribution in [3.05, 3.63) is 60.2 Å². The van der Waals surface area contributed by atoms with Crippen LogP contribution in [-0.2, 0) is 14.3 Å². The maximum Gasteiger partial charge on any atom is 0.309 e. The van der Waals surface area contributed by atoms with Gasteiger partial charge in [-0.15, -0.1) is 0 Å². The average molecular weight is 410 g/mol. The minimum atomic E-state index is -0.306. The summed E-state index contributed by atoms with van der Waals surface area (Å²) in [4.78, 5) is 38.6. The molecule has 0 radical (unpaired) electrons. The second-order valence-corrected chi connectivity index (χ2v) is 7.01. The smallest absolute Gasteiger partial charge is 0.309 e. The lowest BCUT2D eigenvalue weighted by Crippen LogP contribution is -2.42. The van der Waals surface area contributed by atoms with Crippen LogP contribution >= 0.6 is 0 Å². The number of carbonyl (C=O) groups is 3. The Balaban J connectivity index is 1.54. The quantitative estimate of drug-likeness (QED) is 0.709. The van der Waals surface area contributed by atoms with Gasteiger partial charge in [0, 0.05) is 18.8 Å². The number of hydrogen-bond donors (Lipinski definition) is 1. The van der Waals surface area contributed by atoms with E-state index in [0.29, 0.717) is 49.5 Å². The first-order chi connectivity index (χ1) is 14.6. The first-order valence-electron chi connectivity index (χ1n) is 10.1. The molecule has 0 aliphatic carbocycles. The molecule has 7 heteroatoms. The number of esters is 1. The highest BCUT2D eigenvalue weighted by Crippen LogP contribution is 2.21. The van der Waals surface area contributed by atoms with Crippen LogP contribution < -0.4 is 10.1 Å². The second kappa shape index (κ2) is 10.4. The molecule has 2 aromatic rings. The number of para-hydroxylation sites is 2. The van der Waals surface area contributed by atoms with Crippen molar-refractivity contribution in [1.29, 1.82) is 0 Å². The van der Waals surface area contributed by atoms with Crippen molar-refractivity contribution in [3.63, 3.8) is 0 Å². The molecule has 1 aliphatic heterocycles. The Bertz CT molecular complexity index is 876. The lowest BCUT2D eigenvalue weighted by Gasteiger charge is -2.30. The Morgan fingerprint density at radius 3 is 2.37 bits per heavy atom. The van der Waals surface area contributed by atoms with Crippen LogP contribution in [0.3, 0.4) is 0 Å². The van der Waals surface area contributed by atoms with Crippen LogP contribution in [-0.4, -0.2) is 49.0 Å². The van der Waals surface area contributed by atoms with Gasteiger partial charge in [-0.3, -0.25) is 14.4 Å². The molecule has 1 N–H and O–H groups in total. The van der Waals surface area contributed by atoms with Crippen molar-refractivity contribution in [2.24, 2.45) is 5.92 Å². The molecule has 7 nitrogen and oxygen atoms in total. The van der Waals surface area contributed by atoms with Gasteiger partial charge in [-0.1, -0.05) is 30.3 Å². The Kier molecular flexibility index (Phi) is 7.43. The molecule has 158 valence electrons. The van der Waals surface area contributed by atoms with Crippen LogP contribution in [0.25, 0.3) is 0 Å². The van der Waals surface area contributed by atoms with Gasteiger partial charge >= 0.3 is 5.97 Å². The third-order valence-corrected chi connectivity index (χ3v) is 4.98. The molecule has 1 fully saturated rings. The topological polar surface area (TPSA) is 84.9 Å². The van der Waals surface area contributed by atoms with E-state index in [9.17, 15) is 14.4 Å². The monoisotopic (exact) mass is 410 g/mol.